The van der Waals surface area contributed by atoms with Crippen molar-refractivity contribution in [3.05, 3.63) is 69.2 Å². The molecule has 0 aliphatic heterocycles. The van der Waals surface area contributed by atoms with Crippen LogP contribution in [0.1, 0.15) is 21.5 Å². The van der Waals surface area contributed by atoms with Crippen molar-refractivity contribution >= 4 is 39.1 Å². The Morgan fingerprint density at radius 2 is 1.64 bits per heavy atom. The molecule has 0 atom stereocenters. The predicted octanol–water partition coefficient (Wildman–Crippen LogP) is 3.31. The zero-order valence-corrected chi connectivity index (χ0v) is 16.1. The fourth-order valence-corrected chi connectivity index (χ4v) is 3.70. The highest BCUT2D eigenvalue weighted by Gasteiger charge is 2.19. The van der Waals surface area contributed by atoms with Crippen LogP contribution in [-0.4, -0.2) is 32.7 Å². The zero-order valence-electron chi connectivity index (χ0n) is 13.8. The molecule has 134 valence electrons. The Balaban J connectivity index is 2.09. The number of rotatable bonds is 6. The van der Waals surface area contributed by atoms with Gasteiger partial charge in [0.15, 0.2) is 0 Å². The molecular formula is C17H18Cl2N2O3S. The number of amides is 1. The predicted molar refractivity (Wildman–Crippen MR) is 100 cm³/mol. The van der Waals surface area contributed by atoms with Crippen LogP contribution >= 0.6 is 23.2 Å². The van der Waals surface area contributed by atoms with E-state index in [0.29, 0.717) is 21.2 Å². The number of nitrogens with one attached hydrogen (secondary N) is 1. The first-order chi connectivity index (χ1) is 11.7. The second-order valence-electron chi connectivity index (χ2n) is 5.54. The molecule has 0 fully saturated rings. The Kier molecular flexibility index (Phi) is 6.46. The molecule has 8 heteroatoms. The maximum absolute atomic E-state index is 12.5. The molecule has 2 aromatic carbocycles. The van der Waals surface area contributed by atoms with E-state index in [1.165, 1.54) is 11.4 Å². The van der Waals surface area contributed by atoms with Crippen LogP contribution in [0, 0.1) is 0 Å². The lowest BCUT2D eigenvalue weighted by molar-refractivity contribution is 0.0963. The van der Waals surface area contributed by atoms with Crippen molar-refractivity contribution < 1.29 is 13.2 Å². The molecule has 25 heavy (non-hydrogen) atoms. The maximum atomic E-state index is 12.5. The van der Waals surface area contributed by atoms with Crippen molar-refractivity contribution in [2.75, 3.05) is 14.1 Å². The molecule has 2 aromatic rings. The van der Waals surface area contributed by atoms with E-state index >= 15 is 0 Å². The van der Waals surface area contributed by atoms with Crippen LogP contribution in [0.15, 0.2) is 42.5 Å². The Labute approximate surface area is 157 Å². The molecule has 0 saturated heterocycles. The van der Waals surface area contributed by atoms with Gasteiger partial charge in [-0.2, -0.15) is 0 Å². The van der Waals surface area contributed by atoms with Gasteiger partial charge in [-0.05, 0) is 35.4 Å². The number of carbonyl (C=O) groups excluding carboxylic acids is 1. The summed E-state index contributed by atoms with van der Waals surface area (Å²) in [6.07, 6.45) is 0. The van der Waals surface area contributed by atoms with Crippen LogP contribution in [0.3, 0.4) is 0 Å². The minimum Gasteiger partial charge on any atom is -0.355 e. The molecule has 0 aliphatic rings. The van der Waals surface area contributed by atoms with E-state index in [9.17, 15) is 13.2 Å². The molecule has 1 amide bonds. The molecule has 0 aliphatic carbocycles. The van der Waals surface area contributed by atoms with Gasteiger partial charge in [-0.1, -0.05) is 41.4 Å². The van der Waals surface area contributed by atoms with E-state index in [2.05, 4.69) is 5.32 Å². The molecule has 2 rings (SSSR count). The lowest BCUT2D eigenvalue weighted by Gasteiger charge is -2.17. The average molecular weight is 401 g/mol. The molecule has 0 radical (unpaired) electrons. The number of hydrogen-bond acceptors (Lipinski definition) is 3. The van der Waals surface area contributed by atoms with Crippen LogP contribution in [0.25, 0.3) is 0 Å². The fourth-order valence-electron chi connectivity index (χ4n) is 2.21. The maximum Gasteiger partial charge on any atom is 0.251 e. The molecule has 0 bridgehead atoms. The topological polar surface area (TPSA) is 66.5 Å². The van der Waals surface area contributed by atoms with Crippen molar-refractivity contribution in [3.63, 3.8) is 0 Å². The van der Waals surface area contributed by atoms with Crippen LogP contribution in [-0.2, 0) is 22.3 Å². The van der Waals surface area contributed by atoms with Gasteiger partial charge >= 0.3 is 0 Å². The molecule has 0 heterocycles. The van der Waals surface area contributed by atoms with Crippen LogP contribution in [0.4, 0.5) is 0 Å². The summed E-state index contributed by atoms with van der Waals surface area (Å²) >= 11 is 11.8. The number of benzene rings is 2. The number of nitrogens with zero attached hydrogens (tertiary/aromatic N) is 1. The number of halogens is 2. The summed E-state index contributed by atoms with van der Waals surface area (Å²) in [5, 5.41) is 3.24. The van der Waals surface area contributed by atoms with Gasteiger partial charge in [0.25, 0.3) is 5.91 Å². The number of sulfonamides is 1. The lowest BCUT2D eigenvalue weighted by atomic mass is 10.1. The normalized spacial score (nSPS) is 11.6. The van der Waals surface area contributed by atoms with E-state index < -0.39 is 10.0 Å². The molecular weight excluding hydrogens is 383 g/mol. The van der Waals surface area contributed by atoms with Crippen molar-refractivity contribution in [1.29, 1.82) is 0 Å². The Morgan fingerprint density at radius 3 is 2.20 bits per heavy atom. The Hall–Kier alpha value is -1.60. The smallest absolute Gasteiger partial charge is 0.251 e. The van der Waals surface area contributed by atoms with E-state index in [1.807, 2.05) is 0 Å². The summed E-state index contributed by atoms with van der Waals surface area (Å²) in [5.41, 5.74) is 1.87. The number of hydrogen-bond donors (Lipinski definition) is 1. The van der Waals surface area contributed by atoms with Crippen molar-refractivity contribution in [1.82, 2.24) is 9.62 Å². The minimum atomic E-state index is -3.52. The second-order valence-corrected chi connectivity index (χ2v) is 8.43. The first-order valence-corrected chi connectivity index (χ1v) is 9.78. The van der Waals surface area contributed by atoms with Gasteiger partial charge in [0.1, 0.15) is 0 Å². The first kappa shape index (κ1) is 19.7. The SMILES string of the molecule is CNC(=O)c1ccc(CN(C)S(=O)(=O)Cc2ccc(Cl)c(Cl)c2)cc1. The third-order valence-electron chi connectivity index (χ3n) is 3.66. The third-order valence-corrected chi connectivity index (χ3v) is 6.17. The third kappa shape index (κ3) is 5.19. The van der Waals surface area contributed by atoms with E-state index in [0.717, 1.165) is 5.56 Å². The molecule has 0 aromatic heterocycles. The van der Waals surface area contributed by atoms with E-state index in [-0.39, 0.29) is 18.2 Å². The van der Waals surface area contributed by atoms with Crippen molar-refractivity contribution in [3.8, 4) is 0 Å². The van der Waals surface area contributed by atoms with Gasteiger partial charge in [-0.25, -0.2) is 12.7 Å². The quantitative estimate of drug-likeness (QED) is 0.808. The second kappa shape index (κ2) is 8.19. The summed E-state index contributed by atoms with van der Waals surface area (Å²) in [6.45, 7) is 0.206. The largest absolute Gasteiger partial charge is 0.355 e. The molecule has 0 unspecified atom stereocenters. The highest BCUT2D eigenvalue weighted by atomic mass is 35.5. The summed E-state index contributed by atoms with van der Waals surface area (Å²) in [7, 11) is -0.451. The summed E-state index contributed by atoms with van der Waals surface area (Å²) in [5.74, 6) is -0.358. The summed E-state index contributed by atoms with van der Waals surface area (Å²) in [4.78, 5) is 11.5. The van der Waals surface area contributed by atoms with Gasteiger partial charge in [-0.3, -0.25) is 4.79 Å². The van der Waals surface area contributed by atoms with Crippen LogP contribution in [0.5, 0.6) is 0 Å². The van der Waals surface area contributed by atoms with Gasteiger partial charge in [0, 0.05) is 26.2 Å². The van der Waals surface area contributed by atoms with Gasteiger partial charge in [0.05, 0.1) is 15.8 Å². The standard InChI is InChI=1S/C17H18Cl2N2O3S/c1-20-17(22)14-6-3-12(4-7-14)10-21(2)25(23,24)11-13-5-8-15(18)16(19)9-13/h3-9H,10-11H2,1-2H3,(H,20,22). The van der Waals surface area contributed by atoms with Crippen molar-refractivity contribution in [2.45, 2.75) is 12.3 Å². The molecule has 5 nitrogen and oxygen atoms in total. The van der Waals surface area contributed by atoms with Gasteiger partial charge < -0.3 is 5.32 Å². The Bertz CT molecular complexity index is 868. The van der Waals surface area contributed by atoms with Crippen LogP contribution in [0.2, 0.25) is 10.0 Å². The summed E-state index contributed by atoms with van der Waals surface area (Å²) < 4.78 is 26.3. The monoisotopic (exact) mass is 400 g/mol. The highest BCUT2D eigenvalue weighted by Crippen LogP contribution is 2.24. The minimum absolute atomic E-state index is 0.170. The fraction of sp³-hybridized carbons (Fsp3) is 0.235. The molecule has 0 spiro atoms. The van der Waals surface area contributed by atoms with Gasteiger partial charge in [-0.15, -0.1) is 0 Å². The van der Waals surface area contributed by atoms with E-state index in [4.69, 9.17) is 23.2 Å². The van der Waals surface area contributed by atoms with E-state index in [1.54, 1.807) is 49.5 Å². The Morgan fingerprint density at radius 1 is 1.04 bits per heavy atom. The van der Waals surface area contributed by atoms with Gasteiger partial charge in [0.2, 0.25) is 10.0 Å². The molecule has 1 N–H and O–H groups in total. The molecule has 0 saturated carbocycles. The zero-order chi connectivity index (χ0) is 18.6. The first-order valence-electron chi connectivity index (χ1n) is 7.42. The summed E-state index contributed by atoms with van der Waals surface area (Å²) in [6, 6.07) is 11.5. The van der Waals surface area contributed by atoms with Crippen molar-refractivity contribution in [2.24, 2.45) is 0 Å². The highest BCUT2D eigenvalue weighted by molar-refractivity contribution is 7.88. The van der Waals surface area contributed by atoms with Crippen LogP contribution < -0.4 is 5.32 Å². The number of carbonyl (C=O) groups is 1. The lowest BCUT2D eigenvalue weighted by Crippen LogP contribution is -2.27. The average Bonchev–Trinajstić information content (AvgIpc) is 2.58.